The third kappa shape index (κ3) is 5.45. The van der Waals surface area contributed by atoms with Crippen molar-refractivity contribution in [3.8, 4) is 0 Å². The van der Waals surface area contributed by atoms with Crippen LogP contribution < -0.4 is 4.72 Å². The topological polar surface area (TPSA) is 114 Å². The van der Waals surface area contributed by atoms with Crippen molar-refractivity contribution >= 4 is 16.3 Å². The Bertz CT molecular complexity index is 1020. The minimum atomic E-state index is -3.69. The maximum atomic E-state index is 13.2. The third-order valence-electron chi connectivity index (χ3n) is 7.48. The Morgan fingerprint density at radius 2 is 2.00 bits per heavy atom. The molecular formula is C23H36FN5O5S. The molecule has 3 fully saturated rings. The fraction of sp³-hybridized carbons (Fsp3) is 0.783. The first kappa shape index (κ1) is 26.2. The number of likely N-dealkylation sites (tertiary alicyclic amines) is 1. The number of aromatic nitrogens is 2. The Morgan fingerprint density at radius 3 is 2.60 bits per heavy atom. The van der Waals surface area contributed by atoms with Crippen molar-refractivity contribution in [2.45, 2.75) is 88.6 Å². The zero-order chi connectivity index (χ0) is 25.5. The maximum absolute atomic E-state index is 13.2. The molecule has 0 spiro atoms. The number of carbonyl (C=O) groups excluding carboxylic acids is 1. The number of fused-ring (bicyclic) bond motifs is 1. The molecule has 12 heteroatoms. The van der Waals surface area contributed by atoms with Crippen molar-refractivity contribution in [1.82, 2.24) is 23.9 Å². The fourth-order valence-corrected chi connectivity index (χ4v) is 6.39. The highest BCUT2D eigenvalue weighted by Crippen LogP contribution is 2.61. The van der Waals surface area contributed by atoms with Crippen molar-refractivity contribution in [2.75, 3.05) is 20.7 Å². The van der Waals surface area contributed by atoms with E-state index in [1.54, 1.807) is 18.7 Å². The lowest BCUT2D eigenvalue weighted by atomic mass is 9.86. The first-order chi connectivity index (χ1) is 16.4. The molecule has 1 aromatic heterocycles. The summed E-state index contributed by atoms with van der Waals surface area (Å²) in [6.45, 7) is 5.66. The van der Waals surface area contributed by atoms with Crippen LogP contribution in [0.1, 0.15) is 58.7 Å². The number of rotatable bonds is 8. The molecule has 0 unspecified atom stereocenters. The maximum Gasteiger partial charge on any atom is 0.410 e. The molecule has 6 atom stereocenters. The largest absolute Gasteiger partial charge is 0.447 e. The molecule has 0 bridgehead atoms. The van der Waals surface area contributed by atoms with Crippen LogP contribution >= 0.6 is 0 Å². The van der Waals surface area contributed by atoms with E-state index in [0.29, 0.717) is 18.2 Å². The predicted molar refractivity (Wildman–Crippen MR) is 126 cm³/mol. The summed E-state index contributed by atoms with van der Waals surface area (Å²) in [6.07, 6.45) is 5.56. The molecule has 1 aliphatic heterocycles. The Labute approximate surface area is 206 Å². The average Bonchev–Trinajstić information content (AvgIpc) is 3.42. The first-order valence-electron chi connectivity index (χ1n) is 12.2. The van der Waals surface area contributed by atoms with Crippen LogP contribution in [0.15, 0.2) is 12.4 Å². The quantitative estimate of drug-likeness (QED) is 0.567. The van der Waals surface area contributed by atoms with Gasteiger partial charge in [0.05, 0.1) is 37.3 Å². The van der Waals surface area contributed by atoms with Crippen molar-refractivity contribution in [3.63, 3.8) is 0 Å². The Kier molecular flexibility index (Phi) is 7.38. The SMILES string of the molecule is CC(C)OC(=O)N1[C@H](C)C[C@H](NS(=O)(=O)N(C)C)[C@@H]1CO[C@H]1CC[C@@]2(c3ncc(F)cn3)C[C@H]2C1. The van der Waals surface area contributed by atoms with Crippen LogP contribution in [0.4, 0.5) is 9.18 Å². The van der Waals surface area contributed by atoms with Crippen molar-refractivity contribution in [3.05, 3.63) is 24.0 Å². The van der Waals surface area contributed by atoms with Gasteiger partial charge in [0.1, 0.15) is 5.82 Å². The number of halogens is 1. The van der Waals surface area contributed by atoms with Gasteiger partial charge >= 0.3 is 6.09 Å². The normalized spacial score (nSPS) is 32.7. The van der Waals surface area contributed by atoms with Crippen LogP contribution in [0.3, 0.4) is 0 Å². The van der Waals surface area contributed by atoms with E-state index in [9.17, 15) is 17.6 Å². The standard InChI is InChI=1S/C23H36FN5O5S/c1-14(2)34-22(30)29-15(3)8-19(27-35(31,32)28(4)5)20(29)13-33-18-6-7-23(10-16(23)9-18)21-25-11-17(24)12-26-21/h11-12,14-16,18-20,27H,6-10,13H2,1-5H3/t15-,16-,18+,19+,20+,23-/m1/s1. The number of hydrogen-bond donors (Lipinski definition) is 1. The number of ether oxygens (including phenoxy) is 2. The van der Waals surface area contributed by atoms with Gasteiger partial charge < -0.3 is 9.47 Å². The fourth-order valence-electron chi connectivity index (χ4n) is 5.55. The summed E-state index contributed by atoms with van der Waals surface area (Å²) in [5.74, 6) is 0.636. The van der Waals surface area contributed by atoms with Gasteiger partial charge in [-0.25, -0.2) is 19.2 Å². The molecule has 10 nitrogen and oxygen atoms in total. The zero-order valence-electron chi connectivity index (χ0n) is 21.0. The van der Waals surface area contributed by atoms with Gasteiger partial charge in [-0.15, -0.1) is 0 Å². The molecule has 1 amide bonds. The summed E-state index contributed by atoms with van der Waals surface area (Å²) in [7, 11) is -0.761. The molecule has 35 heavy (non-hydrogen) atoms. The number of carbonyl (C=O) groups is 1. The van der Waals surface area contributed by atoms with Gasteiger partial charge in [-0.1, -0.05) is 0 Å². The average molecular weight is 514 g/mol. The summed E-state index contributed by atoms with van der Waals surface area (Å²) < 4.78 is 53.9. The second kappa shape index (κ2) is 9.87. The van der Waals surface area contributed by atoms with E-state index in [-0.39, 0.29) is 30.3 Å². The van der Waals surface area contributed by atoms with Crippen LogP contribution in [0.2, 0.25) is 0 Å². The molecule has 1 saturated heterocycles. The van der Waals surface area contributed by atoms with Gasteiger partial charge in [0.25, 0.3) is 10.2 Å². The van der Waals surface area contributed by atoms with Gasteiger partial charge in [-0.3, -0.25) is 4.90 Å². The van der Waals surface area contributed by atoms with Crippen molar-refractivity contribution in [2.24, 2.45) is 5.92 Å². The lowest BCUT2D eigenvalue weighted by Gasteiger charge is -2.33. The molecule has 0 radical (unpaired) electrons. The van der Waals surface area contributed by atoms with Gasteiger partial charge in [0, 0.05) is 31.6 Å². The molecule has 1 N–H and O–H groups in total. The van der Waals surface area contributed by atoms with Crippen LogP contribution in [0, 0.1) is 11.7 Å². The van der Waals surface area contributed by atoms with Gasteiger partial charge in [-0.05, 0) is 58.8 Å². The van der Waals surface area contributed by atoms with Crippen LogP contribution in [-0.2, 0) is 25.1 Å². The molecule has 196 valence electrons. The summed E-state index contributed by atoms with van der Waals surface area (Å²) in [5.41, 5.74) is -0.0909. The van der Waals surface area contributed by atoms with Gasteiger partial charge in [0.15, 0.2) is 5.82 Å². The molecule has 3 aliphatic rings. The van der Waals surface area contributed by atoms with Crippen LogP contribution in [0.25, 0.3) is 0 Å². The monoisotopic (exact) mass is 513 g/mol. The summed E-state index contributed by atoms with van der Waals surface area (Å²) >= 11 is 0. The number of hydrogen-bond acceptors (Lipinski definition) is 7. The highest BCUT2D eigenvalue weighted by atomic mass is 32.2. The van der Waals surface area contributed by atoms with E-state index >= 15 is 0 Å². The number of amides is 1. The van der Waals surface area contributed by atoms with Gasteiger partial charge in [0.2, 0.25) is 0 Å². The highest BCUT2D eigenvalue weighted by molar-refractivity contribution is 7.87. The number of nitrogens with zero attached hydrogens (tertiary/aromatic N) is 4. The second-order valence-corrected chi connectivity index (χ2v) is 12.4. The molecule has 2 heterocycles. The van der Waals surface area contributed by atoms with E-state index in [0.717, 1.165) is 30.0 Å². The summed E-state index contributed by atoms with van der Waals surface area (Å²) in [4.78, 5) is 22.9. The summed E-state index contributed by atoms with van der Waals surface area (Å²) in [5, 5.41) is 0. The second-order valence-electron chi connectivity index (χ2n) is 10.5. The molecule has 2 saturated carbocycles. The Morgan fingerprint density at radius 1 is 1.31 bits per heavy atom. The van der Waals surface area contributed by atoms with Crippen molar-refractivity contribution in [1.29, 1.82) is 0 Å². The third-order valence-corrected chi connectivity index (χ3v) is 9.04. The van der Waals surface area contributed by atoms with E-state index < -0.39 is 34.2 Å². The summed E-state index contributed by atoms with van der Waals surface area (Å²) in [6, 6.07) is -1.19. The first-order valence-corrected chi connectivity index (χ1v) is 13.7. The van der Waals surface area contributed by atoms with E-state index in [1.807, 2.05) is 6.92 Å². The predicted octanol–water partition coefficient (Wildman–Crippen LogP) is 2.21. The Balaban J connectivity index is 1.42. The minimum Gasteiger partial charge on any atom is -0.447 e. The lowest BCUT2D eigenvalue weighted by molar-refractivity contribution is -0.0148. The molecule has 1 aromatic rings. The smallest absolute Gasteiger partial charge is 0.410 e. The van der Waals surface area contributed by atoms with Crippen LogP contribution in [0.5, 0.6) is 0 Å². The highest BCUT2D eigenvalue weighted by Gasteiger charge is 2.60. The van der Waals surface area contributed by atoms with Gasteiger partial charge in [-0.2, -0.15) is 17.4 Å². The van der Waals surface area contributed by atoms with E-state index in [2.05, 4.69) is 14.7 Å². The van der Waals surface area contributed by atoms with E-state index in [1.165, 1.54) is 26.5 Å². The zero-order valence-corrected chi connectivity index (χ0v) is 21.8. The lowest BCUT2D eigenvalue weighted by Crippen LogP contribution is -2.52. The van der Waals surface area contributed by atoms with E-state index in [4.69, 9.17) is 9.47 Å². The Hall–Kier alpha value is -1.89. The van der Waals surface area contributed by atoms with Crippen LogP contribution in [-0.4, -0.2) is 84.7 Å². The minimum absolute atomic E-state index is 0.0129. The van der Waals surface area contributed by atoms with Crippen molar-refractivity contribution < 1.29 is 27.1 Å². The number of nitrogens with one attached hydrogen (secondary N) is 1. The molecule has 4 rings (SSSR count). The molecule has 2 aliphatic carbocycles. The molecular weight excluding hydrogens is 477 g/mol. The molecule has 0 aromatic carbocycles.